The molecule has 0 aliphatic rings. The van der Waals surface area contributed by atoms with Gasteiger partial charge in [-0.3, -0.25) is 14.9 Å². The fourth-order valence-electron chi connectivity index (χ4n) is 2.14. The normalized spacial score (nSPS) is 10.4. The van der Waals surface area contributed by atoms with Crippen molar-refractivity contribution in [2.45, 2.75) is 6.54 Å². The van der Waals surface area contributed by atoms with Crippen molar-refractivity contribution >= 4 is 23.5 Å². The lowest BCUT2D eigenvalue weighted by Gasteiger charge is -2.09. The predicted octanol–water partition coefficient (Wildman–Crippen LogP) is 2.49. The van der Waals surface area contributed by atoms with Gasteiger partial charge in [0.15, 0.2) is 5.82 Å². The topological polar surface area (TPSA) is 95.6 Å². The smallest absolute Gasteiger partial charge is 0.253 e. The monoisotopic (exact) mass is 340 g/mol. The highest BCUT2D eigenvalue weighted by Crippen LogP contribution is 2.18. The number of benzene rings is 1. The number of hydrogen-bond donors (Lipinski definition) is 3. The Balaban J connectivity index is 1.66. The maximum Gasteiger partial charge on any atom is 0.253 e. The van der Waals surface area contributed by atoms with Crippen molar-refractivity contribution in [1.82, 2.24) is 25.5 Å². The predicted molar refractivity (Wildman–Crippen MR) is 94.4 cm³/mol. The van der Waals surface area contributed by atoms with Crippen LogP contribution in [0.15, 0.2) is 48.8 Å². The number of aromatic nitrogens is 4. The zero-order chi connectivity index (χ0) is 16.8. The molecule has 0 spiro atoms. The lowest BCUT2D eigenvalue weighted by Crippen LogP contribution is -2.24. The Morgan fingerprint density at radius 1 is 1.21 bits per heavy atom. The molecule has 0 unspecified atom stereocenters. The van der Waals surface area contributed by atoms with Crippen molar-refractivity contribution in [2.75, 3.05) is 11.0 Å². The summed E-state index contributed by atoms with van der Waals surface area (Å²) in [6.45, 7) is 0.268. The number of carbonyl (C=O) groups is 1. The number of rotatable bonds is 6. The minimum atomic E-state index is -0.172. The molecule has 0 saturated heterocycles. The highest BCUT2D eigenvalue weighted by Gasteiger charge is 2.12. The molecule has 2 aromatic heterocycles. The van der Waals surface area contributed by atoms with E-state index < -0.39 is 0 Å². The molecule has 7 nitrogen and oxygen atoms in total. The van der Waals surface area contributed by atoms with E-state index >= 15 is 0 Å². The van der Waals surface area contributed by atoms with Gasteiger partial charge < -0.3 is 10.0 Å². The molecular formula is C16H16N6OS. The van der Waals surface area contributed by atoms with Crippen molar-refractivity contribution in [2.24, 2.45) is 0 Å². The summed E-state index contributed by atoms with van der Waals surface area (Å²) in [6, 6.07) is 11.0. The lowest BCUT2D eigenvalue weighted by atomic mass is 10.1. The third-order valence-corrected chi connectivity index (χ3v) is 3.69. The largest absolute Gasteiger partial charge is 0.345 e. The Kier molecular flexibility index (Phi) is 5.07. The molecule has 0 saturated carbocycles. The van der Waals surface area contributed by atoms with Crippen LogP contribution in [-0.4, -0.2) is 32.3 Å². The van der Waals surface area contributed by atoms with E-state index in [1.807, 2.05) is 36.6 Å². The number of aromatic amines is 1. The van der Waals surface area contributed by atoms with Crippen LogP contribution in [0.3, 0.4) is 0 Å². The molecule has 24 heavy (non-hydrogen) atoms. The van der Waals surface area contributed by atoms with Crippen LogP contribution in [-0.2, 0) is 6.54 Å². The third kappa shape index (κ3) is 3.72. The summed E-state index contributed by atoms with van der Waals surface area (Å²) in [5.74, 6) is 0.991. The molecule has 0 aliphatic heterocycles. The minimum absolute atomic E-state index is 0.172. The van der Waals surface area contributed by atoms with E-state index in [2.05, 4.69) is 30.2 Å². The molecule has 8 heteroatoms. The Labute approximate surface area is 143 Å². The maximum atomic E-state index is 12.4. The number of anilines is 1. The fourth-order valence-corrected chi connectivity index (χ4v) is 2.54. The van der Waals surface area contributed by atoms with E-state index in [-0.39, 0.29) is 12.5 Å². The molecule has 2 heterocycles. The number of nitrogens with zero attached hydrogens (tertiary/aromatic N) is 3. The quantitative estimate of drug-likeness (QED) is 0.597. The van der Waals surface area contributed by atoms with E-state index in [1.54, 1.807) is 18.5 Å². The van der Waals surface area contributed by atoms with Gasteiger partial charge in [-0.2, -0.15) is 5.10 Å². The molecule has 0 atom stereocenters. The summed E-state index contributed by atoms with van der Waals surface area (Å²) < 4.78 is 3.09. The van der Waals surface area contributed by atoms with Crippen LogP contribution in [0.25, 0.3) is 11.4 Å². The second-order valence-electron chi connectivity index (χ2n) is 4.88. The SMILES string of the molecule is CSNc1ccccc1C(=O)NCc1nc(-c2ccncc2)n[nH]1. The molecule has 0 fully saturated rings. The van der Waals surface area contributed by atoms with E-state index in [0.717, 1.165) is 11.3 Å². The molecule has 3 aromatic rings. The average Bonchev–Trinajstić information content (AvgIpc) is 3.10. The molecule has 3 rings (SSSR count). The zero-order valence-corrected chi connectivity index (χ0v) is 13.8. The first-order valence-electron chi connectivity index (χ1n) is 7.26. The van der Waals surface area contributed by atoms with Gasteiger partial charge in [0.05, 0.1) is 17.8 Å². The molecule has 0 aliphatic carbocycles. The summed E-state index contributed by atoms with van der Waals surface area (Å²) >= 11 is 1.44. The van der Waals surface area contributed by atoms with E-state index in [4.69, 9.17) is 0 Å². The van der Waals surface area contributed by atoms with Crippen LogP contribution < -0.4 is 10.0 Å². The number of hydrogen-bond acceptors (Lipinski definition) is 6. The van der Waals surface area contributed by atoms with Crippen LogP contribution in [0.2, 0.25) is 0 Å². The van der Waals surface area contributed by atoms with Crippen molar-refractivity contribution in [3.63, 3.8) is 0 Å². The van der Waals surface area contributed by atoms with Gasteiger partial charge in [-0.05, 0) is 24.3 Å². The van der Waals surface area contributed by atoms with Gasteiger partial charge in [-0.1, -0.05) is 24.1 Å². The van der Waals surface area contributed by atoms with Crippen molar-refractivity contribution in [3.8, 4) is 11.4 Å². The second kappa shape index (κ2) is 7.60. The number of pyridine rings is 1. The maximum absolute atomic E-state index is 12.4. The Hall–Kier alpha value is -2.87. The number of amides is 1. The summed E-state index contributed by atoms with van der Waals surface area (Å²) in [5.41, 5.74) is 2.23. The van der Waals surface area contributed by atoms with Gasteiger partial charge in [-0.25, -0.2) is 4.98 Å². The first-order chi connectivity index (χ1) is 11.8. The van der Waals surface area contributed by atoms with Gasteiger partial charge in [0.25, 0.3) is 5.91 Å². The van der Waals surface area contributed by atoms with E-state index in [0.29, 0.717) is 17.2 Å². The Bertz CT molecular complexity index is 820. The van der Waals surface area contributed by atoms with Crippen LogP contribution in [0.1, 0.15) is 16.2 Å². The number of H-pyrrole nitrogens is 1. The van der Waals surface area contributed by atoms with Gasteiger partial charge in [0.1, 0.15) is 5.82 Å². The molecule has 1 amide bonds. The summed E-state index contributed by atoms with van der Waals surface area (Å²) in [6.07, 6.45) is 5.27. The van der Waals surface area contributed by atoms with Crippen LogP contribution in [0.4, 0.5) is 5.69 Å². The molecule has 0 bridgehead atoms. The molecule has 3 N–H and O–H groups in total. The third-order valence-electron chi connectivity index (χ3n) is 3.27. The van der Waals surface area contributed by atoms with Gasteiger partial charge in [0.2, 0.25) is 0 Å². The second-order valence-corrected chi connectivity index (χ2v) is 5.49. The van der Waals surface area contributed by atoms with Crippen LogP contribution >= 0.6 is 11.9 Å². The fraction of sp³-hybridized carbons (Fsp3) is 0.125. The van der Waals surface area contributed by atoms with Crippen LogP contribution in [0, 0.1) is 0 Å². The molecule has 122 valence electrons. The lowest BCUT2D eigenvalue weighted by molar-refractivity contribution is 0.0951. The number of nitrogens with one attached hydrogen (secondary N) is 3. The van der Waals surface area contributed by atoms with E-state index in [1.165, 1.54) is 11.9 Å². The van der Waals surface area contributed by atoms with Crippen molar-refractivity contribution in [3.05, 3.63) is 60.2 Å². The molecular weight excluding hydrogens is 324 g/mol. The van der Waals surface area contributed by atoms with Gasteiger partial charge >= 0.3 is 0 Å². The highest BCUT2D eigenvalue weighted by molar-refractivity contribution is 7.99. The first-order valence-corrected chi connectivity index (χ1v) is 8.48. The molecule has 1 aromatic carbocycles. The molecule has 0 radical (unpaired) electrons. The van der Waals surface area contributed by atoms with E-state index in [9.17, 15) is 4.79 Å². The standard InChI is InChI=1S/C16H16N6OS/c1-24-22-13-5-3-2-4-12(13)16(23)18-10-14-19-15(21-20-14)11-6-8-17-9-7-11/h2-9,22H,10H2,1H3,(H,18,23)(H,19,20,21). The van der Waals surface area contributed by atoms with Crippen LogP contribution in [0.5, 0.6) is 0 Å². The highest BCUT2D eigenvalue weighted by atomic mass is 32.2. The number of carbonyl (C=O) groups excluding carboxylic acids is 1. The number of para-hydroxylation sites is 1. The summed E-state index contributed by atoms with van der Waals surface area (Å²) in [7, 11) is 0. The Morgan fingerprint density at radius 3 is 2.79 bits per heavy atom. The van der Waals surface area contributed by atoms with Crippen molar-refractivity contribution in [1.29, 1.82) is 0 Å². The zero-order valence-electron chi connectivity index (χ0n) is 13.0. The Morgan fingerprint density at radius 2 is 2.00 bits per heavy atom. The van der Waals surface area contributed by atoms with Crippen molar-refractivity contribution < 1.29 is 4.79 Å². The first kappa shape index (κ1) is 16.0. The van der Waals surface area contributed by atoms with Gasteiger partial charge in [-0.15, -0.1) is 0 Å². The summed E-state index contributed by atoms with van der Waals surface area (Å²) in [4.78, 5) is 20.7. The average molecular weight is 340 g/mol. The summed E-state index contributed by atoms with van der Waals surface area (Å²) in [5, 5.41) is 9.83. The van der Waals surface area contributed by atoms with Gasteiger partial charge in [0, 0.05) is 24.2 Å². The minimum Gasteiger partial charge on any atom is -0.345 e.